The van der Waals surface area contributed by atoms with Crippen LogP contribution in [-0.2, 0) is 54.3 Å². The topological polar surface area (TPSA) is 165 Å². The second-order valence-corrected chi connectivity index (χ2v) is 16.5. The average molecular weight is 925 g/mol. The molecule has 1 unspecified atom stereocenters. The Morgan fingerprint density at radius 1 is 0.536 bits per heavy atom. The molecule has 0 radical (unpaired) electrons. The van der Waals surface area contributed by atoms with E-state index in [9.17, 15) is 28.8 Å². The molecule has 3 atom stereocenters. The molecule has 0 aliphatic carbocycles. The summed E-state index contributed by atoms with van der Waals surface area (Å²) in [6.45, 7) is 0.626. The van der Waals surface area contributed by atoms with Crippen molar-refractivity contribution in [2.45, 2.75) is 63.3 Å². The molecule has 6 aromatic carbocycles. The van der Waals surface area contributed by atoms with Gasteiger partial charge in [-0.3, -0.25) is 24.0 Å². The molecule has 3 N–H and O–H groups in total. The van der Waals surface area contributed by atoms with Gasteiger partial charge in [0, 0.05) is 37.2 Å². The summed E-state index contributed by atoms with van der Waals surface area (Å²) in [6.07, 6.45) is 9.83. The maximum atomic E-state index is 13.3. The first kappa shape index (κ1) is 50.6. The number of ether oxygens (including phenoxy) is 2. The number of carbonyl (C=O) groups excluding carboxylic acids is 5. The zero-order valence-electron chi connectivity index (χ0n) is 38.3. The number of carboxylic acids is 1. The second-order valence-electron chi connectivity index (χ2n) is 16.5. The van der Waals surface area contributed by atoms with Gasteiger partial charge in [0.25, 0.3) is 0 Å². The number of hydrogen-bond acceptors (Lipinski definition) is 8. The van der Waals surface area contributed by atoms with E-state index in [0.717, 1.165) is 47.1 Å². The zero-order valence-corrected chi connectivity index (χ0v) is 38.3. The quantitative estimate of drug-likeness (QED) is 0.0472. The lowest BCUT2D eigenvalue weighted by molar-refractivity contribution is -0.155. The molecule has 1 saturated heterocycles. The molecule has 1 fully saturated rings. The molecule has 0 saturated carbocycles. The molecule has 0 aromatic heterocycles. The predicted molar refractivity (Wildman–Crippen MR) is 266 cm³/mol. The summed E-state index contributed by atoms with van der Waals surface area (Å²) in [6, 6.07) is 49.8. The summed E-state index contributed by atoms with van der Waals surface area (Å²) in [5.74, 6) is -2.07. The highest BCUT2D eigenvalue weighted by Crippen LogP contribution is 2.16. The monoisotopic (exact) mass is 924 g/mol. The second kappa shape index (κ2) is 27.1. The fourth-order valence-electron chi connectivity index (χ4n) is 7.42. The fraction of sp³-hybridized carbons (Fsp3) is 0.207. The van der Waals surface area contributed by atoms with Crippen LogP contribution in [0, 0.1) is 0 Å². The molecular weight excluding hydrogens is 869 g/mol. The molecule has 6 aromatic rings. The van der Waals surface area contributed by atoms with Crippen LogP contribution in [0.4, 0.5) is 0 Å². The molecular formula is C58H56N2O9. The number of aromatic carboxylic acids is 1. The average Bonchev–Trinajstić information content (AvgIpc) is 3.38. The molecule has 1 heterocycles. The first-order chi connectivity index (χ1) is 33.6. The maximum absolute atomic E-state index is 13.3. The summed E-state index contributed by atoms with van der Waals surface area (Å²) < 4.78 is 11.1. The van der Waals surface area contributed by atoms with Crippen LogP contribution in [0.25, 0.3) is 12.2 Å². The lowest BCUT2D eigenvalue weighted by Crippen LogP contribution is -2.42. The number of amides is 2. The smallest absolute Gasteiger partial charge is 0.335 e. The normalized spacial score (nSPS) is 14.2. The summed E-state index contributed by atoms with van der Waals surface area (Å²) in [7, 11) is 0. The summed E-state index contributed by atoms with van der Waals surface area (Å²) in [5, 5.41) is 14.7. The van der Waals surface area contributed by atoms with E-state index in [-0.39, 0.29) is 60.5 Å². The van der Waals surface area contributed by atoms with E-state index >= 15 is 0 Å². The van der Waals surface area contributed by atoms with E-state index < -0.39 is 18.1 Å². The van der Waals surface area contributed by atoms with Gasteiger partial charge >= 0.3 is 5.97 Å². The van der Waals surface area contributed by atoms with Gasteiger partial charge in [-0.05, 0) is 89.8 Å². The van der Waals surface area contributed by atoms with Crippen LogP contribution in [0.3, 0.4) is 0 Å². The number of nitrogens with one attached hydrogen (secondary N) is 2. The molecule has 2 amide bonds. The van der Waals surface area contributed by atoms with Crippen LogP contribution < -0.4 is 10.6 Å². The van der Waals surface area contributed by atoms with Crippen LogP contribution in [-0.4, -0.2) is 71.8 Å². The minimum absolute atomic E-state index is 0.0371. The Hall–Kier alpha value is -7.86. The van der Waals surface area contributed by atoms with E-state index in [4.69, 9.17) is 14.6 Å². The SMILES string of the molecule is O=C(/C=C\c1ccccc1)N[C@@H](Cc1ccccc1)C(=O)Cc1ccc(C(=O)COC2CCCCO2)cc1.O=C(/C=C\c1ccccc1)N[C@@H](Cc1ccccc1)C(=O)Cc1ccc(C(=O)O)cc1. The minimum Gasteiger partial charge on any atom is -0.478 e. The zero-order chi connectivity index (χ0) is 48.6. The lowest BCUT2D eigenvalue weighted by atomic mass is 9.97. The van der Waals surface area contributed by atoms with Crippen molar-refractivity contribution in [2.75, 3.05) is 13.2 Å². The Morgan fingerprint density at radius 3 is 1.36 bits per heavy atom. The maximum Gasteiger partial charge on any atom is 0.335 e. The Morgan fingerprint density at radius 2 is 0.957 bits per heavy atom. The molecule has 69 heavy (non-hydrogen) atoms. The number of benzene rings is 6. The van der Waals surface area contributed by atoms with Gasteiger partial charge in [0.15, 0.2) is 23.6 Å². The largest absolute Gasteiger partial charge is 0.478 e. The Balaban J connectivity index is 0.000000232. The molecule has 1 aliphatic heterocycles. The number of hydrogen-bond donors (Lipinski definition) is 3. The van der Waals surface area contributed by atoms with Gasteiger partial charge in [0.2, 0.25) is 11.8 Å². The number of rotatable bonds is 21. The molecule has 1 aliphatic rings. The first-order valence-electron chi connectivity index (χ1n) is 23.0. The van der Waals surface area contributed by atoms with Gasteiger partial charge in [-0.15, -0.1) is 0 Å². The number of Topliss-reactive ketones (excluding diaryl/α,β-unsaturated/α-hetero) is 3. The lowest BCUT2D eigenvalue weighted by Gasteiger charge is -2.22. The Bertz CT molecular complexity index is 2650. The summed E-state index contributed by atoms with van der Waals surface area (Å²) in [4.78, 5) is 74.9. The molecule has 0 bridgehead atoms. The molecule has 0 spiro atoms. The van der Waals surface area contributed by atoms with Gasteiger partial charge in [-0.1, -0.05) is 158 Å². The number of ketones is 3. The first-order valence-corrected chi connectivity index (χ1v) is 23.0. The van der Waals surface area contributed by atoms with Gasteiger partial charge in [0.05, 0.1) is 17.6 Å². The standard InChI is InChI=1S/C32H33NO5.C26H23NO4/c34-29(22-26-14-17-27(18-15-26)30(35)23-38-32-13-7-8-20-37-32)28(21-25-11-5-2-6-12-25)33-31(36)19-16-24-9-3-1-4-10-24;28-24(18-21-11-14-22(15-12-21)26(30)31)23(17-20-9-5-2-6-10-20)27-25(29)16-13-19-7-3-1-4-8-19/h1-6,9-12,14-19,28,32H,7-8,13,20-23H2,(H,33,36);1-16,23H,17-18H2,(H,27,29)(H,30,31)/b19-16-;16-13-/t28-,32?;23-/m00/s1. The van der Waals surface area contributed by atoms with Crippen molar-refractivity contribution >= 4 is 47.3 Å². The van der Waals surface area contributed by atoms with Gasteiger partial charge in [-0.25, -0.2) is 4.79 Å². The minimum atomic E-state index is -1.02. The highest BCUT2D eigenvalue weighted by atomic mass is 16.7. The van der Waals surface area contributed by atoms with Crippen LogP contribution in [0.5, 0.6) is 0 Å². The van der Waals surface area contributed by atoms with E-state index in [1.54, 1.807) is 48.6 Å². The van der Waals surface area contributed by atoms with Crippen molar-refractivity contribution in [1.82, 2.24) is 10.6 Å². The van der Waals surface area contributed by atoms with Crippen molar-refractivity contribution in [3.63, 3.8) is 0 Å². The van der Waals surface area contributed by atoms with Gasteiger partial charge in [-0.2, -0.15) is 0 Å². The van der Waals surface area contributed by atoms with Crippen LogP contribution >= 0.6 is 0 Å². The van der Waals surface area contributed by atoms with Crippen molar-refractivity contribution in [3.05, 3.63) is 227 Å². The van der Waals surface area contributed by atoms with Crippen molar-refractivity contribution in [3.8, 4) is 0 Å². The Labute approximate surface area is 402 Å². The molecule has 352 valence electrons. The summed E-state index contributed by atoms with van der Waals surface area (Å²) >= 11 is 0. The third-order valence-electron chi connectivity index (χ3n) is 11.2. The van der Waals surface area contributed by atoms with Crippen molar-refractivity contribution in [2.24, 2.45) is 0 Å². The van der Waals surface area contributed by atoms with Crippen LogP contribution in [0.2, 0.25) is 0 Å². The fourth-order valence-corrected chi connectivity index (χ4v) is 7.42. The predicted octanol–water partition coefficient (Wildman–Crippen LogP) is 8.90. The van der Waals surface area contributed by atoms with Crippen molar-refractivity contribution < 1.29 is 43.3 Å². The third-order valence-corrected chi connectivity index (χ3v) is 11.2. The van der Waals surface area contributed by atoms with E-state index in [0.29, 0.717) is 30.6 Å². The van der Waals surface area contributed by atoms with E-state index in [1.807, 2.05) is 121 Å². The van der Waals surface area contributed by atoms with E-state index in [1.165, 1.54) is 24.3 Å². The van der Waals surface area contributed by atoms with Gasteiger partial charge < -0.3 is 25.2 Å². The molecule has 11 nitrogen and oxygen atoms in total. The van der Waals surface area contributed by atoms with Crippen LogP contribution in [0.1, 0.15) is 73.4 Å². The number of carboxylic acid groups (broad SMARTS) is 1. The molecule has 7 rings (SSSR count). The molecule has 11 heteroatoms. The third kappa shape index (κ3) is 17.7. The highest BCUT2D eigenvalue weighted by Gasteiger charge is 2.23. The Kier molecular flexibility index (Phi) is 19.8. The van der Waals surface area contributed by atoms with Crippen LogP contribution in [0.15, 0.2) is 182 Å². The summed E-state index contributed by atoms with van der Waals surface area (Å²) in [5.41, 5.74) is 5.85. The van der Waals surface area contributed by atoms with Crippen molar-refractivity contribution in [1.29, 1.82) is 0 Å². The van der Waals surface area contributed by atoms with Gasteiger partial charge in [0.1, 0.15) is 6.61 Å². The van der Waals surface area contributed by atoms with E-state index in [2.05, 4.69) is 10.6 Å². The highest BCUT2D eigenvalue weighted by molar-refractivity contribution is 5.99. The number of carbonyl (C=O) groups is 6.